The number of hydrogen-bond acceptors (Lipinski definition) is 3. The molecular weight excluding hydrogens is 323 g/mol. The van der Waals surface area contributed by atoms with Gasteiger partial charge in [-0.05, 0) is 49.7 Å². The van der Waals surface area contributed by atoms with Gasteiger partial charge in [0.2, 0.25) is 0 Å². The molecule has 0 saturated carbocycles. The Morgan fingerprint density at radius 1 is 1.10 bits per heavy atom. The second kappa shape index (κ2) is 5.84. The number of fused-ring (bicyclic) bond motifs is 1. The fourth-order valence-electron chi connectivity index (χ4n) is 2.24. The predicted molar refractivity (Wildman–Crippen MR) is 92.9 cm³/mol. The highest BCUT2D eigenvalue weighted by Crippen LogP contribution is 2.29. The van der Waals surface area contributed by atoms with Gasteiger partial charge < -0.3 is 5.32 Å². The summed E-state index contributed by atoms with van der Waals surface area (Å²) in [5.41, 5.74) is 3.22. The van der Waals surface area contributed by atoms with Gasteiger partial charge in [0.05, 0.1) is 25.3 Å². The fourth-order valence-corrected chi connectivity index (χ4v) is 3.42. The Labute approximate surface area is 137 Å². The van der Waals surface area contributed by atoms with Gasteiger partial charge in [0.1, 0.15) is 0 Å². The molecular formula is C16H14Cl2N2S. The van der Waals surface area contributed by atoms with Gasteiger partial charge in [0, 0.05) is 11.7 Å². The Hall–Kier alpha value is -1.29. The summed E-state index contributed by atoms with van der Waals surface area (Å²) in [5.74, 6) is 0. The van der Waals surface area contributed by atoms with E-state index in [1.165, 1.54) is 4.70 Å². The molecule has 1 N–H and O–H groups in total. The zero-order chi connectivity index (χ0) is 15.0. The number of anilines is 1. The van der Waals surface area contributed by atoms with Gasteiger partial charge in [-0.2, -0.15) is 0 Å². The van der Waals surface area contributed by atoms with Crippen LogP contribution in [0.15, 0.2) is 36.4 Å². The molecule has 0 aliphatic heterocycles. The number of aromatic nitrogens is 1. The first kappa shape index (κ1) is 14.6. The Kier molecular flexibility index (Phi) is 4.07. The lowest BCUT2D eigenvalue weighted by Gasteiger charge is -2.16. The molecule has 0 amide bonds. The van der Waals surface area contributed by atoms with Crippen LogP contribution in [0, 0.1) is 6.92 Å². The second-order valence-corrected chi connectivity index (χ2v) is 7.00. The molecule has 2 nitrogen and oxygen atoms in total. The van der Waals surface area contributed by atoms with E-state index in [0.717, 1.165) is 21.8 Å². The largest absolute Gasteiger partial charge is 0.378 e. The quantitative estimate of drug-likeness (QED) is 0.626. The minimum Gasteiger partial charge on any atom is -0.378 e. The number of hydrogen-bond donors (Lipinski definition) is 1. The number of nitrogens with one attached hydrogen (secondary N) is 1. The molecule has 3 aromatic rings. The zero-order valence-corrected chi connectivity index (χ0v) is 14.0. The van der Waals surface area contributed by atoms with Gasteiger partial charge >= 0.3 is 0 Å². The van der Waals surface area contributed by atoms with Crippen molar-refractivity contribution in [1.82, 2.24) is 4.98 Å². The molecule has 21 heavy (non-hydrogen) atoms. The van der Waals surface area contributed by atoms with Gasteiger partial charge in [0.25, 0.3) is 0 Å². The molecule has 0 radical (unpaired) electrons. The van der Waals surface area contributed by atoms with E-state index in [0.29, 0.717) is 10.0 Å². The van der Waals surface area contributed by atoms with Crippen molar-refractivity contribution in [2.24, 2.45) is 0 Å². The molecule has 1 heterocycles. The summed E-state index contributed by atoms with van der Waals surface area (Å²) in [6, 6.07) is 12.1. The minimum absolute atomic E-state index is 0.145. The van der Waals surface area contributed by atoms with Gasteiger partial charge in [-0.1, -0.05) is 29.3 Å². The molecule has 1 atom stereocenters. The highest BCUT2D eigenvalue weighted by atomic mass is 35.5. The first-order valence-corrected chi connectivity index (χ1v) is 8.19. The summed E-state index contributed by atoms with van der Waals surface area (Å²) >= 11 is 13.7. The van der Waals surface area contributed by atoms with Crippen molar-refractivity contribution >= 4 is 50.4 Å². The molecule has 1 unspecified atom stereocenters. The summed E-state index contributed by atoms with van der Waals surface area (Å²) in [6.07, 6.45) is 0. The van der Waals surface area contributed by atoms with Gasteiger partial charge in [-0.25, -0.2) is 4.98 Å². The van der Waals surface area contributed by atoms with Gasteiger partial charge in [-0.15, -0.1) is 11.3 Å². The lowest BCUT2D eigenvalue weighted by atomic mass is 10.1. The smallest absolute Gasteiger partial charge is 0.0907 e. The topological polar surface area (TPSA) is 24.9 Å². The third kappa shape index (κ3) is 3.15. The van der Waals surface area contributed by atoms with Gasteiger partial charge in [-0.3, -0.25) is 0 Å². The van der Waals surface area contributed by atoms with E-state index < -0.39 is 0 Å². The second-order valence-electron chi connectivity index (χ2n) is 4.95. The SMILES string of the molecule is Cc1nc2ccc(NC(C)c3ccc(Cl)c(Cl)c3)cc2s1. The summed E-state index contributed by atoms with van der Waals surface area (Å²) in [5, 5.41) is 5.72. The van der Waals surface area contributed by atoms with Crippen LogP contribution in [0.25, 0.3) is 10.2 Å². The fraction of sp³-hybridized carbons (Fsp3) is 0.188. The average molecular weight is 337 g/mol. The van der Waals surface area contributed by atoms with Crippen LogP contribution < -0.4 is 5.32 Å². The highest BCUT2D eigenvalue weighted by Gasteiger charge is 2.09. The Morgan fingerprint density at radius 3 is 2.67 bits per heavy atom. The lowest BCUT2D eigenvalue weighted by Crippen LogP contribution is -2.06. The number of rotatable bonds is 3. The number of aryl methyl sites for hydroxylation is 1. The summed E-state index contributed by atoms with van der Waals surface area (Å²) in [4.78, 5) is 4.47. The van der Waals surface area contributed by atoms with Crippen LogP contribution in [0.1, 0.15) is 23.5 Å². The van der Waals surface area contributed by atoms with Crippen LogP contribution in [0.4, 0.5) is 5.69 Å². The average Bonchev–Trinajstić information content (AvgIpc) is 2.81. The first-order valence-electron chi connectivity index (χ1n) is 6.61. The van der Waals surface area contributed by atoms with Crippen LogP contribution in [-0.4, -0.2) is 4.98 Å². The molecule has 0 aliphatic carbocycles. The molecule has 3 rings (SSSR count). The van der Waals surface area contributed by atoms with Crippen molar-refractivity contribution in [1.29, 1.82) is 0 Å². The molecule has 2 aromatic carbocycles. The van der Waals surface area contributed by atoms with E-state index in [-0.39, 0.29) is 6.04 Å². The Balaban J connectivity index is 1.84. The Morgan fingerprint density at radius 2 is 1.90 bits per heavy atom. The maximum atomic E-state index is 6.08. The third-order valence-corrected chi connectivity index (χ3v) is 4.99. The number of thiazole rings is 1. The van der Waals surface area contributed by atoms with E-state index in [9.17, 15) is 0 Å². The molecule has 0 aliphatic rings. The molecule has 5 heteroatoms. The van der Waals surface area contributed by atoms with Crippen molar-refractivity contribution in [3.05, 3.63) is 57.0 Å². The monoisotopic (exact) mass is 336 g/mol. The number of nitrogens with zero attached hydrogens (tertiary/aromatic N) is 1. The lowest BCUT2D eigenvalue weighted by molar-refractivity contribution is 0.885. The normalized spacial score (nSPS) is 12.6. The van der Waals surface area contributed by atoms with Crippen molar-refractivity contribution in [3.63, 3.8) is 0 Å². The predicted octanol–water partition coefficient (Wildman–Crippen LogP) is 6.08. The van der Waals surface area contributed by atoms with Crippen molar-refractivity contribution in [2.45, 2.75) is 19.9 Å². The molecule has 1 aromatic heterocycles. The van der Waals surface area contributed by atoms with Gasteiger partial charge in [0.15, 0.2) is 0 Å². The van der Waals surface area contributed by atoms with Crippen LogP contribution >= 0.6 is 34.5 Å². The molecule has 0 fully saturated rings. The Bertz CT molecular complexity index is 798. The zero-order valence-electron chi connectivity index (χ0n) is 11.7. The molecule has 0 bridgehead atoms. The number of halogens is 2. The van der Waals surface area contributed by atoms with Crippen LogP contribution in [0.3, 0.4) is 0 Å². The van der Waals surface area contributed by atoms with E-state index in [4.69, 9.17) is 23.2 Å². The molecule has 108 valence electrons. The van der Waals surface area contributed by atoms with E-state index in [2.05, 4.69) is 29.4 Å². The van der Waals surface area contributed by atoms with E-state index in [1.54, 1.807) is 11.3 Å². The van der Waals surface area contributed by atoms with Crippen molar-refractivity contribution in [3.8, 4) is 0 Å². The van der Waals surface area contributed by atoms with E-state index >= 15 is 0 Å². The number of benzene rings is 2. The summed E-state index contributed by atoms with van der Waals surface area (Å²) in [6.45, 7) is 4.12. The van der Waals surface area contributed by atoms with Crippen LogP contribution in [0.5, 0.6) is 0 Å². The maximum absolute atomic E-state index is 6.08. The summed E-state index contributed by atoms with van der Waals surface area (Å²) < 4.78 is 1.19. The maximum Gasteiger partial charge on any atom is 0.0907 e. The molecule has 0 spiro atoms. The van der Waals surface area contributed by atoms with Crippen molar-refractivity contribution < 1.29 is 0 Å². The minimum atomic E-state index is 0.145. The standard InChI is InChI=1S/C16H14Cl2N2S/c1-9(11-3-5-13(17)14(18)7-11)19-12-4-6-15-16(8-12)21-10(2)20-15/h3-9,19H,1-2H3. The third-order valence-electron chi connectivity index (χ3n) is 3.32. The van der Waals surface area contributed by atoms with Crippen LogP contribution in [-0.2, 0) is 0 Å². The van der Waals surface area contributed by atoms with Crippen molar-refractivity contribution in [2.75, 3.05) is 5.32 Å². The summed E-state index contributed by atoms with van der Waals surface area (Å²) in [7, 11) is 0. The van der Waals surface area contributed by atoms with E-state index in [1.807, 2.05) is 31.2 Å². The first-order chi connectivity index (χ1) is 10.0. The van der Waals surface area contributed by atoms with Crippen LogP contribution in [0.2, 0.25) is 10.0 Å². The molecule has 0 saturated heterocycles. The highest BCUT2D eigenvalue weighted by molar-refractivity contribution is 7.18.